The molecule has 0 saturated heterocycles. The molecule has 12 heavy (non-hydrogen) atoms. The van der Waals surface area contributed by atoms with E-state index in [0.29, 0.717) is 0 Å². The number of esters is 1. The highest BCUT2D eigenvalue weighted by Gasteiger charge is 2.03. The quantitative estimate of drug-likeness (QED) is 0.437. The molecule has 0 radical (unpaired) electrons. The Morgan fingerprint density at radius 2 is 2.00 bits per heavy atom. The minimum Gasteiger partial charge on any atom is -0.467 e. The van der Waals surface area contributed by atoms with Gasteiger partial charge in [0.1, 0.15) is 6.61 Å². The molecular formula is C7H11NO4. The summed E-state index contributed by atoms with van der Waals surface area (Å²) in [5, 5.41) is 0. The van der Waals surface area contributed by atoms with Crippen LogP contribution in [0.1, 0.15) is 0 Å². The number of primary amides is 1. The molecule has 5 heteroatoms. The van der Waals surface area contributed by atoms with Gasteiger partial charge in [-0.15, -0.1) is 0 Å². The monoisotopic (exact) mass is 173 g/mol. The molecule has 0 saturated carbocycles. The summed E-state index contributed by atoms with van der Waals surface area (Å²) >= 11 is 0. The maximum absolute atomic E-state index is 10.5. The minimum absolute atomic E-state index is 0.0512. The van der Waals surface area contributed by atoms with Crippen LogP contribution in [0.5, 0.6) is 0 Å². The van der Waals surface area contributed by atoms with Crippen LogP contribution in [0.3, 0.4) is 0 Å². The van der Waals surface area contributed by atoms with E-state index in [9.17, 15) is 9.59 Å². The fourth-order valence-electron chi connectivity index (χ4n) is 0.388. The van der Waals surface area contributed by atoms with Gasteiger partial charge in [-0.2, -0.15) is 0 Å². The molecule has 0 aromatic heterocycles. The Kier molecular flexibility index (Phi) is 4.71. The molecule has 0 aliphatic heterocycles. The van der Waals surface area contributed by atoms with Gasteiger partial charge < -0.3 is 15.2 Å². The van der Waals surface area contributed by atoms with Gasteiger partial charge >= 0.3 is 5.97 Å². The highest BCUT2D eigenvalue weighted by atomic mass is 16.6. The lowest BCUT2D eigenvalue weighted by atomic mass is 10.3. The Morgan fingerprint density at radius 1 is 1.42 bits per heavy atom. The van der Waals surface area contributed by atoms with Crippen molar-refractivity contribution in [2.24, 2.45) is 5.73 Å². The predicted molar refractivity (Wildman–Crippen MR) is 41.2 cm³/mol. The second-order valence-electron chi connectivity index (χ2n) is 2.04. The number of hydrogen-bond acceptors (Lipinski definition) is 4. The van der Waals surface area contributed by atoms with E-state index in [-0.39, 0.29) is 18.8 Å². The SMILES string of the molecule is C=C(COCC(=O)OC)C(N)=O. The summed E-state index contributed by atoms with van der Waals surface area (Å²) in [6.45, 7) is 3.07. The van der Waals surface area contributed by atoms with Crippen LogP contribution in [0.25, 0.3) is 0 Å². The fourth-order valence-corrected chi connectivity index (χ4v) is 0.388. The predicted octanol–water partition coefficient (Wildman–Crippen LogP) is -0.783. The van der Waals surface area contributed by atoms with E-state index in [1.54, 1.807) is 0 Å². The Balaban J connectivity index is 3.50. The Morgan fingerprint density at radius 3 is 2.42 bits per heavy atom. The Hall–Kier alpha value is -1.36. The molecule has 5 nitrogen and oxygen atoms in total. The average Bonchev–Trinajstić information content (AvgIpc) is 2.03. The van der Waals surface area contributed by atoms with Crippen LogP contribution in [0, 0.1) is 0 Å². The van der Waals surface area contributed by atoms with E-state index in [2.05, 4.69) is 11.3 Å². The van der Waals surface area contributed by atoms with Gasteiger partial charge in [-0.1, -0.05) is 6.58 Å². The van der Waals surface area contributed by atoms with Crippen LogP contribution in [-0.4, -0.2) is 32.2 Å². The molecule has 0 atom stereocenters. The van der Waals surface area contributed by atoms with Crippen LogP contribution < -0.4 is 5.73 Å². The van der Waals surface area contributed by atoms with E-state index in [1.807, 2.05) is 0 Å². The largest absolute Gasteiger partial charge is 0.467 e. The lowest BCUT2D eigenvalue weighted by Crippen LogP contribution is -2.19. The van der Waals surface area contributed by atoms with Crippen molar-refractivity contribution in [2.75, 3.05) is 20.3 Å². The minimum atomic E-state index is -0.639. The van der Waals surface area contributed by atoms with Gasteiger partial charge in [-0.25, -0.2) is 4.79 Å². The van der Waals surface area contributed by atoms with Crippen molar-refractivity contribution in [3.05, 3.63) is 12.2 Å². The van der Waals surface area contributed by atoms with Crippen LogP contribution in [-0.2, 0) is 19.1 Å². The summed E-state index contributed by atoms with van der Waals surface area (Å²) in [7, 11) is 1.24. The zero-order valence-electron chi connectivity index (χ0n) is 6.83. The molecule has 0 rings (SSSR count). The van der Waals surface area contributed by atoms with Crippen molar-refractivity contribution in [1.29, 1.82) is 0 Å². The summed E-state index contributed by atoms with van der Waals surface area (Å²) in [5.74, 6) is -1.15. The lowest BCUT2D eigenvalue weighted by molar-refractivity contribution is -0.145. The Labute approximate surface area is 70.1 Å². The highest BCUT2D eigenvalue weighted by Crippen LogP contribution is 1.89. The standard InChI is InChI=1S/C7H11NO4/c1-5(7(8)10)3-12-4-6(9)11-2/h1,3-4H2,2H3,(H2,8,10). The highest BCUT2D eigenvalue weighted by molar-refractivity contribution is 5.91. The van der Waals surface area contributed by atoms with Crippen LogP contribution in [0.2, 0.25) is 0 Å². The molecule has 2 N–H and O–H groups in total. The van der Waals surface area contributed by atoms with Gasteiger partial charge in [0, 0.05) is 5.57 Å². The third-order valence-corrected chi connectivity index (χ3v) is 1.07. The van der Waals surface area contributed by atoms with Gasteiger partial charge in [-0.3, -0.25) is 4.79 Å². The summed E-state index contributed by atoms with van der Waals surface area (Å²) in [4.78, 5) is 20.8. The fraction of sp³-hybridized carbons (Fsp3) is 0.429. The van der Waals surface area contributed by atoms with E-state index in [1.165, 1.54) is 7.11 Å². The molecular weight excluding hydrogens is 162 g/mol. The maximum Gasteiger partial charge on any atom is 0.331 e. The van der Waals surface area contributed by atoms with Crippen molar-refractivity contribution in [3.63, 3.8) is 0 Å². The molecule has 0 aliphatic carbocycles. The molecule has 0 aromatic carbocycles. The smallest absolute Gasteiger partial charge is 0.331 e. The van der Waals surface area contributed by atoms with Gasteiger partial charge in [0.25, 0.3) is 0 Å². The first kappa shape index (κ1) is 10.6. The first-order chi connectivity index (χ1) is 5.57. The van der Waals surface area contributed by atoms with Gasteiger partial charge in [-0.05, 0) is 0 Å². The van der Waals surface area contributed by atoms with Crippen LogP contribution >= 0.6 is 0 Å². The number of amides is 1. The van der Waals surface area contributed by atoms with E-state index >= 15 is 0 Å². The molecule has 0 aromatic rings. The van der Waals surface area contributed by atoms with E-state index < -0.39 is 11.9 Å². The third kappa shape index (κ3) is 4.45. The third-order valence-electron chi connectivity index (χ3n) is 1.07. The number of carbonyl (C=O) groups excluding carboxylic acids is 2. The maximum atomic E-state index is 10.5. The second kappa shape index (κ2) is 5.31. The summed E-state index contributed by atoms with van der Waals surface area (Å²) in [6.07, 6.45) is 0. The molecule has 0 spiro atoms. The normalized spacial score (nSPS) is 9.08. The van der Waals surface area contributed by atoms with Gasteiger partial charge in [0.2, 0.25) is 5.91 Å². The molecule has 0 heterocycles. The molecule has 1 amide bonds. The lowest BCUT2D eigenvalue weighted by Gasteiger charge is -2.02. The number of nitrogens with two attached hydrogens (primary N) is 1. The topological polar surface area (TPSA) is 78.6 Å². The van der Waals surface area contributed by atoms with Crippen molar-refractivity contribution in [3.8, 4) is 0 Å². The number of rotatable bonds is 5. The van der Waals surface area contributed by atoms with E-state index in [4.69, 9.17) is 10.5 Å². The van der Waals surface area contributed by atoms with Crippen molar-refractivity contribution in [1.82, 2.24) is 0 Å². The summed E-state index contributed by atoms with van der Waals surface area (Å²) < 4.78 is 9.02. The number of methoxy groups -OCH3 is 1. The zero-order chi connectivity index (χ0) is 9.56. The van der Waals surface area contributed by atoms with Crippen molar-refractivity contribution in [2.45, 2.75) is 0 Å². The van der Waals surface area contributed by atoms with Crippen LogP contribution in [0.4, 0.5) is 0 Å². The van der Waals surface area contributed by atoms with Gasteiger partial charge in [0.05, 0.1) is 13.7 Å². The summed E-state index contributed by atoms with van der Waals surface area (Å²) in [6, 6.07) is 0. The summed E-state index contributed by atoms with van der Waals surface area (Å²) in [5.41, 5.74) is 4.97. The van der Waals surface area contributed by atoms with Gasteiger partial charge in [0.15, 0.2) is 0 Å². The second-order valence-corrected chi connectivity index (χ2v) is 2.04. The van der Waals surface area contributed by atoms with Crippen LogP contribution in [0.15, 0.2) is 12.2 Å². The number of carbonyl (C=O) groups is 2. The molecule has 0 unspecified atom stereocenters. The van der Waals surface area contributed by atoms with Crippen molar-refractivity contribution < 1.29 is 19.1 Å². The average molecular weight is 173 g/mol. The number of ether oxygens (including phenoxy) is 2. The molecule has 0 aliphatic rings. The van der Waals surface area contributed by atoms with E-state index in [0.717, 1.165) is 0 Å². The first-order valence-electron chi connectivity index (χ1n) is 3.20. The van der Waals surface area contributed by atoms with Crippen molar-refractivity contribution >= 4 is 11.9 Å². The zero-order valence-corrected chi connectivity index (χ0v) is 6.83. The number of hydrogen-bond donors (Lipinski definition) is 1. The molecule has 0 bridgehead atoms. The molecule has 68 valence electrons. The molecule has 0 fully saturated rings. The first-order valence-corrected chi connectivity index (χ1v) is 3.20. The Bertz CT molecular complexity index is 200.